The first kappa shape index (κ1) is 14.8. The van der Waals surface area contributed by atoms with Crippen LogP contribution in [0.25, 0.3) is 11.3 Å². The molecule has 0 saturated heterocycles. The first-order chi connectivity index (χ1) is 10.4. The average Bonchev–Trinajstić information content (AvgIpc) is 3.00. The first-order valence-corrected chi connectivity index (χ1v) is 7.46. The molecule has 0 unspecified atom stereocenters. The maximum absolute atomic E-state index is 12.1. The maximum Gasteiger partial charge on any atom is 0.269 e. The second-order valence-electron chi connectivity index (χ2n) is 6.10. The van der Waals surface area contributed by atoms with Crippen molar-refractivity contribution in [2.45, 2.75) is 38.7 Å². The van der Waals surface area contributed by atoms with Crippen LogP contribution in [0.15, 0.2) is 6.07 Å². The molecule has 0 aliphatic heterocycles. The number of amides is 1. The normalized spacial score (nSPS) is 16.4. The van der Waals surface area contributed by atoms with Crippen molar-refractivity contribution in [2.75, 3.05) is 6.54 Å². The average molecular weight is 303 g/mol. The van der Waals surface area contributed by atoms with Gasteiger partial charge in [-0.15, -0.1) is 0 Å². The van der Waals surface area contributed by atoms with Crippen molar-refractivity contribution in [3.8, 4) is 11.3 Å². The first-order valence-electron chi connectivity index (χ1n) is 7.46. The second kappa shape index (κ2) is 5.24. The number of rotatable bonds is 4. The molecule has 2 aromatic heterocycles. The summed E-state index contributed by atoms with van der Waals surface area (Å²) in [6.07, 6.45) is 2.51. The van der Waals surface area contributed by atoms with E-state index in [0.717, 1.165) is 36.2 Å². The molecule has 2 aromatic rings. The summed E-state index contributed by atoms with van der Waals surface area (Å²) in [5.41, 5.74) is 3.18. The van der Waals surface area contributed by atoms with Gasteiger partial charge in [-0.2, -0.15) is 10.2 Å². The number of carbonyl (C=O) groups is 1. The Hall–Kier alpha value is -2.15. The number of aryl methyl sites for hydroxylation is 2. The van der Waals surface area contributed by atoms with Gasteiger partial charge in [0.25, 0.3) is 5.91 Å². The molecule has 7 heteroatoms. The van der Waals surface area contributed by atoms with Crippen molar-refractivity contribution >= 4 is 5.91 Å². The zero-order chi connectivity index (χ0) is 15.9. The van der Waals surface area contributed by atoms with Gasteiger partial charge in [-0.1, -0.05) is 0 Å². The van der Waals surface area contributed by atoms with E-state index < -0.39 is 5.60 Å². The summed E-state index contributed by atoms with van der Waals surface area (Å²) in [5, 5.41) is 24.1. The van der Waals surface area contributed by atoms with Crippen LogP contribution in [0.5, 0.6) is 0 Å². The van der Waals surface area contributed by atoms with Gasteiger partial charge < -0.3 is 10.4 Å². The summed E-state index contributed by atoms with van der Waals surface area (Å²) < 4.78 is 1.80. The number of H-pyrrole nitrogens is 1. The van der Waals surface area contributed by atoms with Crippen LogP contribution in [0, 0.1) is 13.8 Å². The SMILES string of the molecule is Cc1nn(C)c(C)c1-c1cc(C(=O)NCC2(O)CCC2)[nH]n1. The van der Waals surface area contributed by atoms with Crippen molar-refractivity contribution in [1.82, 2.24) is 25.3 Å². The third kappa shape index (κ3) is 2.52. The van der Waals surface area contributed by atoms with Gasteiger partial charge in [0.15, 0.2) is 0 Å². The summed E-state index contributed by atoms with van der Waals surface area (Å²) in [5.74, 6) is -0.252. The van der Waals surface area contributed by atoms with E-state index in [2.05, 4.69) is 20.6 Å². The lowest BCUT2D eigenvalue weighted by Gasteiger charge is -2.36. The quantitative estimate of drug-likeness (QED) is 0.787. The molecule has 1 aliphatic rings. The summed E-state index contributed by atoms with van der Waals surface area (Å²) in [7, 11) is 1.88. The number of aliphatic hydroxyl groups is 1. The van der Waals surface area contributed by atoms with Crippen LogP contribution in [-0.4, -0.2) is 43.1 Å². The predicted molar refractivity (Wildman–Crippen MR) is 81.4 cm³/mol. The fraction of sp³-hybridized carbons (Fsp3) is 0.533. The minimum atomic E-state index is -0.727. The molecule has 118 valence electrons. The van der Waals surface area contributed by atoms with E-state index in [9.17, 15) is 9.90 Å². The van der Waals surface area contributed by atoms with Gasteiger partial charge in [0.1, 0.15) is 5.69 Å². The molecule has 0 atom stereocenters. The van der Waals surface area contributed by atoms with Crippen LogP contribution in [0.2, 0.25) is 0 Å². The molecule has 1 aliphatic carbocycles. The van der Waals surface area contributed by atoms with Crippen LogP contribution in [0.4, 0.5) is 0 Å². The topological polar surface area (TPSA) is 95.8 Å². The lowest BCUT2D eigenvalue weighted by Crippen LogP contribution is -2.47. The van der Waals surface area contributed by atoms with E-state index in [1.165, 1.54) is 0 Å². The number of hydrogen-bond donors (Lipinski definition) is 3. The van der Waals surface area contributed by atoms with E-state index in [0.29, 0.717) is 11.4 Å². The Bertz CT molecular complexity index is 712. The molecule has 1 fully saturated rings. The standard InChI is InChI=1S/C15H21N5O2/c1-9-13(10(2)20(3)19-9)11-7-12(18-17-11)14(21)16-8-15(22)5-4-6-15/h7,22H,4-6,8H2,1-3H3,(H,16,21)(H,17,18). The monoisotopic (exact) mass is 303 g/mol. The van der Waals surface area contributed by atoms with Crippen LogP contribution in [-0.2, 0) is 7.05 Å². The van der Waals surface area contributed by atoms with Crippen molar-refractivity contribution in [3.05, 3.63) is 23.1 Å². The van der Waals surface area contributed by atoms with E-state index in [4.69, 9.17) is 0 Å². The molecule has 0 aromatic carbocycles. The maximum atomic E-state index is 12.1. The number of aromatic amines is 1. The number of aromatic nitrogens is 4. The van der Waals surface area contributed by atoms with Crippen molar-refractivity contribution < 1.29 is 9.90 Å². The molecule has 3 N–H and O–H groups in total. The van der Waals surface area contributed by atoms with E-state index in [-0.39, 0.29) is 12.5 Å². The Balaban J connectivity index is 1.74. The minimum absolute atomic E-state index is 0.252. The highest BCUT2D eigenvalue weighted by molar-refractivity contribution is 5.93. The van der Waals surface area contributed by atoms with Crippen LogP contribution in [0.3, 0.4) is 0 Å². The Kier molecular flexibility index (Phi) is 3.52. The van der Waals surface area contributed by atoms with Gasteiger partial charge in [0.2, 0.25) is 0 Å². The van der Waals surface area contributed by atoms with Gasteiger partial charge in [-0.3, -0.25) is 14.6 Å². The van der Waals surface area contributed by atoms with Gasteiger partial charge in [0.05, 0.1) is 17.0 Å². The van der Waals surface area contributed by atoms with Gasteiger partial charge >= 0.3 is 0 Å². The van der Waals surface area contributed by atoms with Crippen LogP contribution >= 0.6 is 0 Å². The van der Waals surface area contributed by atoms with Crippen molar-refractivity contribution in [1.29, 1.82) is 0 Å². The van der Waals surface area contributed by atoms with Crippen molar-refractivity contribution in [3.63, 3.8) is 0 Å². The number of hydrogen-bond acceptors (Lipinski definition) is 4. The number of nitrogens with one attached hydrogen (secondary N) is 2. The zero-order valence-electron chi connectivity index (χ0n) is 13.1. The molecule has 1 amide bonds. The molecule has 0 spiro atoms. The molecule has 3 rings (SSSR count). The van der Waals surface area contributed by atoms with Gasteiger partial charge in [-0.25, -0.2) is 0 Å². The molecule has 22 heavy (non-hydrogen) atoms. The third-order valence-electron chi connectivity index (χ3n) is 4.45. The van der Waals surface area contributed by atoms with Gasteiger partial charge in [0, 0.05) is 24.8 Å². The molecule has 0 radical (unpaired) electrons. The fourth-order valence-corrected chi connectivity index (χ4v) is 2.81. The Morgan fingerprint density at radius 2 is 2.23 bits per heavy atom. The Labute approximate surface area is 128 Å². The summed E-state index contributed by atoms with van der Waals surface area (Å²) >= 11 is 0. The number of carbonyl (C=O) groups excluding carboxylic acids is 1. The number of nitrogens with zero attached hydrogens (tertiary/aromatic N) is 3. The molecular weight excluding hydrogens is 282 g/mol. The zero-order valence-corrected chi connectivity index (χ0v) is 13.1. The van der Waals surface area contributed by atoms with Crippen LogP contribution < -0.4 is 5.32 Å². The van der Waals surface area contributed by atoms with Gasteiger partial charge in [-0.05, 0) is 39.2 Å². The van der Waals surface area contributed by atoms with Crippen molar-refractivity contribution in [2.24, 2.45) is 7.05 Å². The highest BCUT2D eigenvalue weighted by Crippen LogP contribution is 2.30. The highest BCUT2D eigenvalue weighted by atomic mass is 16.3. The molecule has 2 heterocycles. The van der Waals surface area contributed by atoms with E-state index in [1.807, 2.05) is 20.9 Å². The van der Waals surface area contributed by atoms with E-state index >= 15 is 0 Å². The Morgan fingerprint density at radius 3 is 2.77 bits per heavy atom. The third-order valence-corrected chi connectivity index (χ3v) is 4.45. The lowest BCUT2D eigenvalue weighted by atomic mass is 9.80. The summed E-state index contributed by atoms with van der Waals surface area (Å²) in [4.78, 5) is 12.1. The fourth-order valence-electron chi connectivity index (χ4n) is 2.81. The predicted octanol–water partition coefficient (Wildman–Crippen LogP) is 1.07. The summed E-state index contributed by atoms with van der Waals surface area (Å²) in [6, 6.07) is 1.72. The smallest absolute Gasteiger partial charge is 0.269 e. The lowest BCUT2D eigenvalue weighted by molar-refractivity contribution is -0.0300. The molecular formula is C15H21N5O2. The highest BCUT2D eigenvalue weighted by Gasteiger charge is 2.34. The van der Waals surface area contributed by atoms with Crippen LogP contribution in [0.1, 0.15) is 41.1 Å². The largest absolute Gasteiger partial charge is 0.388 e. The summed E-state index contributed by atoms with van der Waals surface area (Å²) in [6.45, 7) is 4.17. The Morgan fingerprint density at radius 1 is 1.50 bits per heavy atom. The van der Waals surface area contributed by atoms with E-state index in [1.54, 1.807) is 10.7 Å². The second-order valence-corrected chi connectivity index (χ2v) is 6.10. The minimum Gasteiger partial charge on any atom is -0.388 e. The molecule has 0 bridgehead atoms. The molecule has 1 saturated carbocycles. The molecule has 7 nitrogen and oxygen atoms in total.